The molecule has 0 aliphatic carbocycles. The molecule has 0 aromatic heterocycles. The summed E-state index contributed by atoms with van der Waals surface area (Å²) in [6, 6.07) is 0. The van der Waals surface area contributed by atoms with E-state index in [1.807, 2.05) is 0 Å². The van der Waals surface area contributed by atoms with Crippen LogP contribution in [0.1, 0.15) is 136 Å². The van der Waals surface area contributed by atoms with Crippen LogP contribution in [0.25, 0.3) is 0 Å². The summed E-state index contributed by atoms with van der Waals surface area (Å²) in [6.07, 6.45) is 28.2. The van der Waals surface area contributed by atoms with Crippen molar-refractivity contribution in [1.29, 1.82) is 0 Å². The highest BCUT2D eigenvalue weighted by Crippen LogP contribution is 2.14. The Bertz CT molecular complexity index is 238. The maximum Gasteiger partial charge on any atom is -0.0323 e. The number of allylic oxidation sites excluding steroid dienone is 2. The van der Waals surface area contributed by atoms with Gasteiger partial charge in [-0.15, -0.1) is 0 Å². The number of hydrogen-bond donors (Lipinski definition) is 0. The summed E-state index contributed by atoms with van der Waals surface area (Å²) in [4.78, 5) is 0. The van der Waals surface area contributed by atoms with E-state index in [0.29, 0.717) is 0 Å². The van der Waals surface area contributed by atoms with E-state index in [1.54, 1.807) is 5.57 Å². The Labute approximate surface area is 148 Å². The normalized spacial score (nSPS) is 12.0. The molecular formula is C23H46. The SMILES string of the molecule is CCCCCCCCCCCCCCCC/C=C(/C)CCCC. The molecule has 0 N–H and O–H groups in total. The van der Waals surface area contributed by atoms with Crippen LogP contribution in [0.3, 0.4) is 0 Å². The van der Waals surface area contributed by atoms with Gasteiger partial charge in [-0.05, 0) is 32.6 Å². The van der Waals surface area contributed by atoms with E-state index in [9.17, 15) is 0 Å². The lowest BCUT2D eigenvalue weighted by Crippen LogP contribution is -1.83. The highest BCUT2D eigenvalue weighted by atomic mass is 14.0. The molecule has 0 saturated carbocycles. The van der Waals surface area contributed by atoms with Crippen LogP contribution in [0.4, 0.5) is 0 Å². The molecule has 0 bridgehead atoms. The fraction of sp³-hybridized carbons (Fsp3) is 0.913. The summed E-state index contributed by atoms with van der Waals surface area (Å²) in [7, 11) is 0. The van der Waals surface area contributed by atoms with Crippen molar-refractivity contribution in [2.45, 2.75) is 136 Å². The molecule has 0 unspecified atom stereocenters. The highest BCUT2D eigenvalue weighted by Gasteiger charge is 1.94. The van der Waals surface area contributed by atoms with Crippen molar-refractivity contribution in [3.8, 4) is 0 Å². The van der Waals surface area contributed by atoms with Crippen molar-refractivity contribution in [2.24, 2.45) is 0 Å². The van der Waals surface area contributed by atoms with Gasteiger partial charge >= 0.3 is 0 Å². The Morgan fingerprint density at radius 3 is 1.35 bits per heavy atom. The van der Waals surface area contributed by atoms with Crippen LogP contribution in [0.5, 0.6) is 0 Å². The first kappa shape index (κ1) is 22.7. The molecular weight excluding hydrogens is 276 g/mol. The Morgan fingerprint density at radius 1 is 0.522 bits per heavy atom. The molecule has 0 atom stereocenters. The molecule has 0 fully saturated rings. The Kier molecular flexibility index (Phi) is 19.6. The van der Waals surface area contributed by atoms with Crippen LogP contribution in [0.15, 0.2) is 11.6 Å². The summed E-state index contributed by atoms with van der Waals surface area (Å²) in [6.45, 7) is 6.88. The molecule has 0 aliphatic heterocycles. The Balaban J connectivity index is 3.10. The lowest BCUT2D eigenvalue weighted by atomic mass is 10.0. The molecule has 0 spiro atoms. The second-order valence-corrected chi connectivity index (χ2v) is 7.54. The van der Waals surface area contributed by atoms with Crippen LogP contribution >= 0.6 is 0 Å². The minimum atomic E-state index is 1.31. The average molecular weight is 323 g/mol. The van der Waals surface area contributed by atoms with E-state index in [2.05, 4.69) is 26.8 Å². The maximum atomic E-state index is 2.48. The number of hydrogen-bond acceptors (Lipinski definition) is 0. The lowest BCUT2D eigenvalue weighted by molar-refractivity contribution is 0.536. The molecule has 0 aromatic rings. The summed E-state index contributed by atoms with van der Waals surface area (Å²) < 4.78 is 0. The quantitative estimate of drug-likeness (QED) is 0.174. The van der Waals surface area contributed by atoms with Crippen molar-refractivity contribution in [1.82, 2.24) is 0 Å². The molecule has 0 saturated heterocycles. The van der Waals surface area contributed by atoms with Gasteiger partial charge in [0.2, 0.25) is 0 Å². The van der Waals surface area contributed by atoms with Crippen molar-refractivity contribution in [2.75, 3.05) is 0 Å². The molecule has 0 radical (unpaired) electrons. The fourth-order valence-electron chi connectivity index (χ4n) is 3.25. The summed E-state index contributed by atoms with van der Waals surface area (Å²) >= 11 is 0. The number of rotatable bonds is 18. The van der Waals surface area contributed by atoms with E-state index in [4.69, 9.17) is 0 Å². The van der Waals surface area contributed by atoms with Gasteiger partial charge in [-0.1, -0.05) is 115 Å². The average Bonchev–Trinajstić information content (AvgIpc) is 2.56. The van der Waals surface area contributed by atoms with Gasteiger partial charge in [0.15, 0.2) is 0 Å². The van der Waals surface area contributed by atoms with Crippen molar-refractivity contribution in [3.05, 3.63) is 11.6 Å². The first-order chi connectivity index (χ1) is 11.3. The van der Waals surface area contributed by atoms with Crippen LogP contribution in [0.2, 0.25) is 0 Å². The summed E-state index contributed by atoms with van der Waals surface area (Å²) in [5.74, 6) is 0. The predicted octanol–water partition coefficient (Wildman–Crippen LogP) is 8.99. The molecule has 23 heavy (non-hydrogen) atoms. The summed E-state index contributed by atoms with van der Waals surface area (Å²) in [5, 5.41) is 0. The van der Waals surface area contributed by atoms with Gasteiger partial charge in [0, 0.05) is 0 Å². The van der Waals surface area contributed by atoms with Gasteiger partial charge in [-0.3, -0.25) is 0 Å². The minimum absolute atomic E-state index is 1.31. The fourth-order valence-corrected chi connectivity index (χ4v) is 3.25. The van der Waals surface area contributed by atoms with Gasteiger partial charge in [0.25, 0.3) is 0 Å². The zero-order chi connectivity index (χ0) is 17.0. The smallest absolute Gasteiger partial charge is 0.0323 e. The third-order valence-corrected chi connectivity index (χ3v) is 4.98. The second-order valence-electron chi connectivity index (χ2n) is 7.54. The van der Waals surface area contributed by atoms with E-state index >= 15 is 0 Å². The van der Waals surface area contributed by atoms with Gasteiger partial charge in [-0.25, -0.2) is 0 Å². The first-order valence-electron chi connectivity index (χ1n) is 11.0. The molecule has 0 heteroatoms. The molecule has 0 rings (SSSR count). The maximum absolute atomic E-state index is 2.48. The molecule has 0 amide bonds. The second kappa shape index (κ2) is 19.8. The van der Waals surface area contributed by atoms with Gasteiger partial charge in [-0.2, -0.15) is 0 Å². The summed E-state index contributed by atoms with van der Waals surface area (Å²) in [5.41, 5.74) is 1.61. The van der Waals surface area contributed by atoms with Crippen molar-refractivity contribution < 1.29 is 0 Å². The third-order valence-electron chi connectivity index (χ3n) is 4.98. The number of unbranched alkanes of at least 4 members (excludes halogenated alkanes) is 15. The first-order valence-corrected chi connectivity index (χ1v) is 11.0. The van der Waals surface area contributed by atoms with Gasteiger partial charge < -0.3 is 0 Å². The molecule has 0 aliphatic rings. The van der Waals surface area contributed by atoms with Crippen molar-refractivity contribution >= 4 is 0 Å². The van der Waals surface area contributed by atoms with Crippen molar-refractivity contribution in [3.63, 3.8) is 0 Å². The van der Waals surface area contributed by atoms with E-state index in [-0.39, 0.29) is 0 Å². The van der Waals surface area contributed by atoms with Crippen LogP contribution in [-0.2, 0) is 0 Å². The van der Waals surface area contributed by atoms with Crippen LogP contribution < -0.4 is 0 Å². The van der Waals surface area contributed by atoms with Gasteiger partial charge in [0.05, 0.1) is 0 Å². The monoisotopic (exact) mass is 322 g/mol. The van der Waals surface area contributed by atoms with E-state index in [0.717, 1.165) is 0 Å². The molecule has 0 heterocycles. The zero-order valence-electron chi connectivity index (χ0n) is 16.8. The highest BCUT2D eigenvalue weighted by molar-refractivity contribution is 4.97. The van der Waals surface area contributed by atoms with E-state index in [1.165, 1.54) is 116 Å². The molecule has 0 aromatic carbocycles. The largest absolute Gasteiger partial charge is 0.0856 e. The standard InChI is InChI=1S/C23H46/c1-4-6-8-9-10-11-12-13-14-15-16-17-18-19-20-22-23(3)21-7-5-2/h22H,4-21H2,1-3H3/b23-22-. The lowest BCUT2D eigenvalue weighted by Gasteiger charge is -2.03. The zero-order valence-corrected chi connectivity index (χ0v) is 16.8. The van der Waals surface area contributed by atoms with Crippen LogP contribution in [0, 0.1) is 0 Å². The third kappa shape index (κ3) is 19.7. The molecule has 0 nitrogen and oxygen atoms in total. The molecule has 138 valence electrons. The Hall–Kier alpha value is -0.260. The Morgan fingerprint density at radius 2 is 0.913 bits per heavy atom. The van der Waals surface area contributed by atoms with Gasteiger partial charge in [0.1, 0.15) is 0 Å². The van der Waals surface area contributed by atoms with Crippen LogP contribution in [-0.4, -0.2) is 0 Å². The minimum Gasteiger partial charge on any atom is -0.0856 e. The topological polar surface area (TPSA) is 0 Å². The predicted molar refractivity (Wildman–Crippen MR) is 108 cm³/mol. The van der Waals surface area contributed by atoms with E-state index < -0.39 is 0 Å².